The van der Waals surface area contributed by atoms with Gasteiger partial charge in [0.15, 0.2) is 0 Å². The quantitative estimate of drug-likeness (QED) is 0.311. The van der Waals surface area contributed by atoms with Crippen molar-refractivity contribution in [2.24, 2.45) is 0 Å². The average molecular weight is 600 g/mol. The second-order valence-corrected chi connectivity index (χ2v) is 13.0. The van der Waals surface area contributed by atoms with Gasteiger partial charge in [-0.2, -0.15) is 0 Å². The van der Waals surface area contributed by atoms with Crippen LogP contribution in [0.2, 0.25) is 5.02 Å². The number of hydrogen-bond acceptors (Lipinski definition) is 5. The smallest absolute Gasteiger partial charge is 0.264 e. The Morgan fingerprint density at radius 3 is 2.20 bits per heavy atom. The summed E-state index contributed by atoms with van der Waals surface area (Å²) >= 11 is 6.42. The van der Waals surface area contributed by atoms with E-state index in [0.29, 0.717) is 22.9 Å². The third-order valence-electron chi connectivity index (χ3n) is 6.29. The van der Waals surface area contributed by atoms with Gasteiger partial charge in [-0.15, -0.1) is 0 Å². The number of hydrogen-bond donors (Lipinski definition) is 1. The van der Waals surface area contributed by atoms with Crippen LogP contribution in [0.3, 0.4) is 0 Å². The largest absolute Gasteiger partial charge is 0.492 e. The number of anilines is 1. The summed E-state index contributed by atoms with van der Waals surface area (Å²) in [5, 5.41) is 3.34. The molecule has 3 aromatic rings. The van der Waals surface area contributed by atoms with Gasteiger partial charge >= 0.3 is 0 Å². The number of amides is 2. The summed E-state index contributed by atoms with van der Waals surface area (Å²) in [6.07, 6.45) is 0. The molecule has 0 fully saturated rings. The topological polar surface area (TPSA) is 96.0 Å². The molecule has 0 radical (unpaired) electrons. The van der Waals surface area contributed by atoms with Gasteiger partial charge in [-0.1, -0.05) is 59.6 Å². The zero-order chi connectivity index (χ0) is 30.4. The highest BCUT2D eigenvalue weighted by atomic mass is 35.5. The third-order valence-corrected chi connectivity index (χ3v) is 8.43. The number of sulfonamides is 1. The van der Waals surface area contributed by atoms with Crippen molar-refractivity contribution in [3.63, 3.8) is 0 Å². The number of benzene rings is 3. The summed E-state index contributed by atoms with van der Waals surface area (Å²) < 4.78 is 34.9. The molecule has 0 aromatic heterocycles. The molecular formula is C31H38ClN3O5S. The molecule has 1 N–H and O–H groups in total. The molecule has 220 valence electrons. The number of para-hydroxylation sites is 2. The van der Waals surface area contributed by atoms with E-state index >= 15 is 0 Å². The van der Waals surface area contributed by atoms with Crippen LogP contribution in [0.4, 0.5) is 5.69 Å². The predicted octanol–water partition coefficient (Wildman–Crippen LogP) is 5.57. The van der Waals surface area contributed by atoms with Crippen molar-refractivity contribution in [2.75, 3.05) is 17.5 Å². The molecule has 0 unspecified atom stereocenters. The first kappa shape index (κ1) is 32.0. The highest BCUT2D eigenvalue weighted by Crippen LogP contribution is 2.33. The second kappa shape index (κ2) is 13.4. The van der Waals surface area contributed by atoms with E-state index in [-0.39, 0.29) is 23.0 Å². The summed E-state index contributed by atoms with van der Waals surface area (Å²) in [6, 6.07) is 19.2. The van der Waals surface area contributed by atoms with Crippen LogP contribution in [0.25, 0.3) is 0 Å². The molecule has 0 heterocycles. The van der Waals surface area contributed by atoms with Crippen LogP contribution in [0, 0.1) is 6.92 Å². The SMILES string of the molecule is CCOc1ccccc1N(CC(=O)N(Cc1ccccc1Cl)[C@H](C)C(=O)NC(C)(C)C)S(=O)(=O)c1ccc(C)cc1. The zero-order valence-corrected chi connectivity index (χ0v) is 25.9. The molecule has 3 aromatic carbocycles. The number of nitrogens with one attached hydrogen (secondary N) is 1. The van der Waals surface area contributed by atoms with Crippen LogP contribution in [0.5, 0.6) is 5.75 Å². The van der Waals surface area contributed by atoms with E-state index in [4.69, 9.17) is 16.3 Å². The minimum Gasteiger partial charge on any atom is -0.492 e. The molecular weight excluding hydrogens is 562 g/mol. The molecule has 3 rings (SSSR count). The molecule has 41 heavy (non-hydrogen) atoms. The van der Waals surface area contributed by atoms with Gasteiger partial charge in [-0.3, -0.25) is 13.9 Å². The summed E-state index contributed by atoms with van der Waals surface area (Å²) in [5.41, 5.74) is 1.20. The second-order valence-electron chi connectivity index (χ2n) is 10.8. The van der Waals surface area contributed by atoms with Gasteiger partial charge < -0.3 is 15.0 Å². The highest BCUT2D eigenvalue weighted by molar-refractivity contribution is 7.92. The molecule has 0 spiro atoms. The lowest BCUT2D eigenvalue weighted by Gasteiger charge is -2.34. The van der Waals surface area contributed by atoms with E-state index in [2.05, 4.69) is 5.32 Å². The Bertz CT molecular complexity index is 1470. The lowest BCUT2D eigenvalue weighted by molar-refractivity contribution is -0.140. The molecule has 0 aliphatic heterocycles. The van der Waals surface area contributed by atoms with Crippen LogP contribution in [0.1, 0.15) is 45.7 Å². The molecule has 0 bridgehead atoms. The monoisotopic (exact) mass is 599 g/mol. The summed E-state index contributed by atoms with van der Waals surface area (Å²) in [6.45, 7) is 10.5. The number of aryl methyl sites for hydroxylation is 1. The maximum atomic E-state index is 14.1. The number of carbonyl (C=O) groups excluding carboxylic acids is 2. The fourth-order valence-electron chi connectivity index (χ4n) is 4.16. The van der Waals surface area contributed by atoms with Crippen LogP contribution in [-0.2, 0) is 26.2 Å². The molecule has 0 aliphatic rings. The fraction of sp³-hybridized carbons (Fsp3) is 0.355. The zero-order valence-electron chi connectivity index (χ0n) is 24.3. The van der Waals surface area contributed by atoms with E-state index < -0.39 is 34.1 Å². The van der Waals surface area contributed by atoms with E-state index in [9.17, 15) is 18.0 Å². The summed E-state index contributed by atoms with van der Waals surface area (Å²) in [5.74, 6) is -0.640. The minimum absolute atomic E-state index is 0.00274. The molecule has 2 amide bonds. The van der Waals surface area contributed by atoms with Crippen molar-refractivity contribution in [2.45, 2.75) is 64.6 Å². The fourth-order valence-corrected chi connectivity index (χ4v) is 5.78. The first-order valence-corrected chi connectivity index (χ1v) is 15.2. The van der Waals surface area contributed by atoms with Crippen molar-refractivity contribution in [3.8, 4) is 5.75 Å². The van der Waals surface area contributed by atoms with Crippen LogP contribution >= 0.6 is 11.6 Å². The Morgan fingerprint density at radius 1 is 0.976 bits per heavy atom. The average Bonchev–Trinajstić information content (AvgIpc) is 2.90. The van der Waals surface area contributed by atoms with Crippen LogP contribution in [0.15, 0.2) is 77.7 Å². The van der Waals surface area contributed by atoms with E-state index in [0.717, 1.165) is 9.87 Å². The van der Waals surface area contributed by atoms with Crippen molar-refractivity contribution in [3.05, 3.63) is 88.9 Å². The van der Waals surface area contributed by atoms with Gasteiger partial charge in [0.1, 0.15) is 18.3 Å². The molecule has 10 heteroatoms. The number of rotatable bonds is 11. The van der Waals surface area contributed by atoms with Crippen molar-refractivity contribution < 1.29 is 22.7 Å². The first-order chi connectivity index (χ1) is 19.2. The van der Waals surface area contributed by atoms with Gasteiger partial charge in [0.05, 0.1) is 17.2 Å². The number of carbonyl (C=O) groups is 2. The third kappa shape index (κ3) is 8.24. The first-order valence-electron chi connectivity index (χ1n) is 13.4. The highest BCUT2D eigenvalue weighted by Gasteiger charge is 2.34. The number of ether oxygens (including phenoxy) is 1. The van der Waals surface area contributed by atoms with E-state index in [1.54, 1.807) is 74.5 Å². The molecule has 0 aliphatic carbocycles. The minimum atomic E-state index is -4.22. The Hall–Kier alpha value is -3.56. The normalized spacial score (nSPS) is 12.4. The number of nitrogens with zero attached hydrogens (tertiary/aromatic N) is 2. The summed E-state index contributed by atoms with van der Waals surface area (Å²) in [7, 11) is -4.22. The maximum absolute atomic E-state index is 14.1. The Kier molecular flexibility index (Phi) is 10.4. The van der Waals surface area contributed by atoms with Crippen molar-refractivity contribution in [1.82, 2.24) is 10.2 Å². The van der Waals surface area contributed by atoms with Gasteiger partial charge in [0.2, 0.25) is 11.8 Å². The molecule has 1 atom stereocenters. The lowest BCUT2D eigenvalue weighted by Crippen LogP contribution is -2.54. The molecule has 8 nitrogen and oxygen atoms in total. The van der Waals surface area contributed by atoms with Gasteiger partial charge in [0, 0.05) is 17.1 Å². The lowest BCUT2D eigenvalue weighted by atomic mass is 10.1. The summed E-state index contributed by atoms with van der Waals surface area (Å²) in [4.78, 5) is 28.7. The Labute approximate surface area is 248 Å². The molecule has 0 saturated carbocycles. The van der Waals surface area contributed by atoms with E-state index in [1.807, 2.05) is 27.7 Å². The Morgan fingerprint density at radius 2 is 1.59 bits per heavy atom. The predicted molar refractivity (Wildman–Crippen MR) is 163 cm³/mol. The standard InChI is InChI=1S/C31H38ClN3O5S/c1-7-40-28-15-11-10-14-27(28)35(41(38,39)25-18-16-22(2)17-19-25)21-29(36)34(20-24-12-8-9-13-26(24)32)23(3)30(37)33-31(4,5)6/h8-19,23H,7,20-21H2,1-6H3,(H,33,37)/t23-/m1/s1. The molecule has 0 saturated heterocycles. The van der Waals surface area contributed by atoms with Gasteiger partial charge in [-0.05, 0) is 77.4 Å². The van der Waals surface area contributed by atoms with Gasteiger partial charge in [-0.25, -0.2) is 8.42 Å². The number of halogens is 1. The maximum Gasteiger partial charge on any atom is 0.264 e. The van der Waals surface area contributed by atoms with Gasteiger partial charge in [0.25, 0.3) is 10.0 Å². The van der Waals surface area contributed by atoms with Crippen LogP contribution in [-0.4, -0.2) is 49.9 Å². The van der Waals surface area contributed by atoms with E-state index in [1.165, 1.54) is 17.0 Å². The van der Waals surface area contributed by atoms with Crippen molar-refractivity contribution in [1.29, 1.82) is 0 Å². The Balaban J connectivity index is 2.10. The van der Waals surface area contributed by atoms with Crippen LogP contribution < -0.4 is 14.4 Å². The van der Waals surface area contributed by atoms with Crippen molar-refractivity contribution >= 4 is 39.1 Å².